The summed E-state index contributed by atoms with van der Waals surface area (Å²) in [4.78, 5) is 12.4. The van der Waals surface area contributed by atoms with E-state index in [0.29, 0.717) is 10.6 Å². The number of hydrogen-bond acceptors (Lipinski definition) is 2. The minimum Gasteiger partial charge on any atom is -0.377 e. The molecule has 1 aromatic heterocycles. The van der Waals surface area contributed by atoms with E-state index in [0.717, 1.165) is 22.3 Å². The average Bonchev–Trinajstić information content (AvgIpc) is 2.80. The Balaban J connectivity index is 2.29. The molecular formula is C18H16ClNO2. The van der Waals surface area contributed by atoms with Crippen LogP contribution in [0.4, 0.5) is 0 Å². The van der Waals surface area contributed by atoms with Crippen molar-refractivity contribution in [2.75, 3.05) is 13.7 Å². The normalized spacial score (nSPS) is 11.0. The molecule has 0 atom stereocenters. The number of halogens is 1. The van der Waals surface area contributed by atoms with Crippen LogP contribution in [0.3, 0.4) is 0 Å². The molecule has 112 valence electrons. The molecule has 2 aromatic carbocycles. The van der Waals surface area contributed by atoms with Gasteiger partial charge in [-0.05, 0) is 37.3 Å². The largest absolute Gasteiger partial charge is 0.377 e. The fourth-order valence-corrected chi connectivity index (χ4v) is 2.97. The molecule has 0 spiro atoms. The van der Waals surface area contributed by atoms with Crippen molar-refractivity contribution in [2.45, 2.75) is 6.92 Å². The van der Waals surface area contributed by atoms with Crippen molar-refractivity contribution in [3.8, 4) is 5.69 Å². The zero-order valence-electron chi connectivity index (χ0n) is 12.5. The van der Waals surface area contributed by atoms with Gasteiger partial charge in [0.25, 0.3) is 0 Å². The van der Waals surface area contributed by atoms with Gasteiger partial charge in [0.1, 0.15) is 6.61 Å². The van der Waals surface area contributed by atoms with Crippen LogP contribution in [-0.4, -0.2) is 24.1 Å². The highest BCUT2D eigenvalue weighted by Gasteiger charge is 2.20. The smallest absolute Gasteiger partial charge is 0.190 e. The van der Waals surface area contributed by atoms with Crippen molar-refractivity contribution in [1.82, 2.24) is 4.57 Å². The molecule has 0 aliphatic heterocycles. The number of nitrogens with zero attached hydrogens (tertiary/aromatic N) is 1. The van der Waals surface area contributed by atoms with E-state index in [2.05, 4.69) is 4.57 Å². The Bertz CT molecular complexity index is 834. The van der Waals surface area contributed by atoms with E-state index in [-0.39, 0.29) is 12.4 Å². The molecule has 0 amide bonds. The molecule has 0 bridgehead atoms. The minimum absolute atomic E-state index is 0.0103. The summed E-state index contributed by atoms with van der Waals surface area (Å²) in [6, 6.07) is 15.5. The molecule has 0 fully saturated rings. The summed E-state index contributed by atoms with van der Waals surface area (Å²) >= 11 is 5.97. The Hall–Kier alpha value is -2.10. The highest BCUT2D eigenvalue weighted by Crippen LogP contribution is 2.30. The first kappa shape index (κ1) is 14.8. The first-order chi connectivity index (χ1) is 10.6. The van der Waals surface area contributed by atoms with Crippen molar-refractivity contribution in [1.29, 1.82) is 0 Å². The second-order valence-corrected chi connectivity index (χ2v) is 5.58. The van der Waals surface area contributed by atoms with Crippen LogP contribution in [0.5, 0.6) is 0 Å². The summed E-state index contributed by atoms with van der Waals surface area (Å²) in [5.74, 6) is -0.0103. The molecule has 3 nitrogen and oxygen atoms in total. The maximum absolute atomic E-state index is 12.4. The van der Waals surface area contributed by atoms with Gasteiger partial charge in [0.2, 0.25) is 0 Å². The Labute approximate surface area is 134 Å². The van der Waals surface area contributed by atoms with Gasteiger partial charge in [0.15, 0.2) is 5.78 Å². The SMILES string of the molecule is COCC(=O)c1c(C)n(-c2ccc(Cl)cc2)c2ccccc12. The van der Waals surface area contributed by atoms with Crippen LogP contribution in [0.2, 0.25) is 5.02 Å². The second-order valence-electron chi connectivity index (χ2n) is 5.15. The van der Waals surface area contributed by atoms with Gasteiger partial charge in [0, 0.05) is 34.5 Å². The van der Waals surface area contributed by atoms with Gasteiger partial charge in [0.05, 0.1) is 5.52 Å². The molecule has 3 aromatic rings. The van der Waals surface area contributed by atoms with Crippen LogP contribution in [-0.2, 0) is 4.74 Å². The highest BCUT2D eigenvalue weighted by atomic mass is 35.5. The number of rotatable bonds is 4. The fraction of sp³-hybridized carbons (Fsp3) is 0.167. The standard InChI is InChI=1S/C18H16ClNO2/c1-12-18(17(21)11-22-2)15-5-3-4-6-16(15)20(12)14-9-7-13(19)8-10-14/h3-10H,11H2,1-2H3. The number of methoxy groups -OCH3 is 1. The lowest BCUT2D eigenvalue weighted by Gasteiger charge is -2.09. The topological polar surface area (TPSA) is 31.2 Å². The molecule has 0 saturated heterocycles. The van der Waals surface area contributed by atoms with E-state index in [1.165, 1.54) is 7.11 Å². The number of para-hydroxylation sites is 1. The Kier molecular flexibility index (Phi) is 4.01. The van der Waals surface area contributed by atoms with Gasteiger partial charge in [-0.25, -0.2) is 0 Å². The third kappa shape index (κ3) is 2.43. The molecular weight excluding hydrogens is 298 g/mol. The Morgan fingerprint density at radius 3 is 2.50 bits per heavy atom. The Morgan fingerprint density at radius 2 is 1.82 bits per heavy atom. The molecule has 0 unspecified atom stereocenters. The summed E-state index contributed by atoms with van der Waals surface area (Å²) in [6.07, 6.45) is 0. The van der Waals surface area contributed by atoms with E-state index in [1.807, 2.05) is 55.5 Å². The summed E-state index contributed by atoms with van der Waals surface area (Å²) in [5, 5.41) is 1.63. The lowest BCUT2D eigenvalue weighted by Crippen LogP contribution is -2.09. The molecule has 1 heterocycles. The molecule has 0 radical (unpaired) electrons. The van der Waals surface area contributed by atoms with Crippen molar-refractivity contribution >= 4 is 28.3 Å². The van der Waals surface area contributed by atoms with Crippen LogP contribution in [0, 0.1) is 6.92 Å². The fourth-order valence-electron chi connectivity index (χ4n) is 2.85. The van der Waals surface area contributed by atoms with Crippen LogP contribution >= 0.6 is 11.6 Å². The second kappa shape index (κ2) is 5.95. The molecule has 0 aliphatic carbocycles. The van der Waals surface area contributed by atoms with E-state index < -0.39 is 0 Å². The minimum atomic E-state index is -0.0103. The van der Waals surface area contributed by atoms with E-state index >= 15 is 0 Å². The third-order valence-electron chi connectivity index (χ3n) is 3.75. The number of fused-ring (bicyclic) bond motifs is 1. The summed E-state index contributed by atoms with van der Waals surface area (Å²) in [7, 11) is 1.53. The van der Waals surface area contributed by atoms with Gasteiger partial charge in [-0.15, -0.1) is 0 Å². The molecule has 0 aliphatic rings. The zero-order chi connectivity index (χ0) is 15.7. The first-order valence-corrected chi connectivity index (χ1v) is 7.39. The monoisotopic (exact) mass is 313 g/mol. The van der Waals surface area contributed by atoms with E-state index in [4.69, 9.17) is 16.3 Å². The van der Waals surface area contributed by atoms with Crippen LogP contribution in [0.15, 0.2) is 48.5 Å². The first-order valence-electron chi connectivity index (χ1n) is 7.01. The van der Waals surface area contributed by atoms with Crippen molar-refractivity contribution < 1.29 is 9.53 Å². The molecule has 3 rings (SSSR count). The highest BCUT2D eigenvalue weighted by molar-refractivity contribution is 6.30. The number of benzene rings is 2. The summed E-state index contributed by atoms with van der Waals surface area (Å²) < 4.78 is 7.09. The third-order valence-corrected chi connectivity index (χ3v) is 4.00. The van der Waals surface area contributed by atoms with E-state index in [9.17, 15) is 4.79 Å². The van der Waals surface area contributed by atoms with Crippen LogP contribution in [0.25, 0.3) is 16.6 Å². The number of Topliss-reactive ketones (excluding diaryl/α,β-unsaturated/α-hetero) is 1. The number of aromatic nitrogens is 1. The van der Waals surface area contributed by atoms with Crippen LogP contribution in [0.1, 0.15) is 16.1 Å². The lowest BCUT2D eigenvalue weighted by molar-refractivity contribution is 0.0849. The van der Waals surface area contributed by atoms with Crippen molar-refractivity contribution in [3.63, 3.8) is 0 Å². The van der Waals surface area contributed by atoms with Gasteiger partial charge >= 0.3 is 0 Å². The average molecular weight is 314 g/mol. The molecule has 0 N–H and O–H groups in total. The van der Waals surface area contributed by atoms with Crippen molar-refractivity contribution in [3.05, 3.63) is 64.8 Å². The summed E-state index contributed by atoms with van der Waals surface area (Å²) in [6.45, 7) is 2.03. The van der Waals surface area contributed by atoms with Gasteiger partial charge in [-0.2, -0.15) is 0 Å². The summed E-state index contributed by atoms with van der Waals surface area (Å²) in [5.41, 5.74) is 3.61. The number of ether oxygens (including phenoxy) is 1. The molecule has 4 heteroatoms. The van der Waals surface area contributed by atoms with Crippen molar-refractivity contribution in [2.24, 2.45) is 0 Å². The Morgan fingerprint density at radius 1 is 1.14 bits per heavy atom. The van der Waals surface area contributed by atoms with Gasteiger partial charge < -0.3 is 9.30 Å². The number of carbonyl (C=O) groups excluding carboxylic acids is 1. The lowest BCUT2D eigenvalue weighted by atomic mass is 10.1. The number of ketones is 1. The van der Waals surface area contributed by atoms with Gasteiger partial charge in [-0.1, -0.05) is 29.8 Å². The van der Waals surface area contributed by atoms with Crippen LogP contribution < -0.4 is 0 Å². The maximum atomic E-state index is 12.4. The number of hydrogen-bond donors (Lipinski definition) is 0. The molecule has 22 heavy (non-hydrogen) atoms. The van der Waals surface area contributed by atoms with E-state index in [1.54, 1.807) is 0 Å². The predicted molar refractivity (Wildman–Crippen MR) is 89.2 cm³/mol. The van der Waals surface area contributed by atoms with Gasteiger partial charge in [-0.3, -0.25) is 4.79 Å². The maximum Gasteiger partial charge on any atom is 0.190 e. The number of carbonyl (C=O) groups is 1. The zero-order valence-corrected chi connectivity index (χ0v) is 13.2. The predicted octanol–water partition coefficient (Wildman–Crippen LogP) is 4.42. The molecule has 0 saturated carbocycles. The quantitative estimate of drug-likeness (QED) is 0.668.